The Kier molecular flexibility index (Phi) is 22.1. The Bertz CT molecular complexity index is 2050. The van der Waals surface area contributed by atoms with E-state index in [1.54, 1.807) is 17.6 Å². The van der Waals surface area contributed by atoms with Crippen LogP contribution in [-0.2, 0) is 90.0 Å². The number of ether oxygens (including phenoxy) is 11. The number of carbonyl (C=O) groups is 4. The zero-order valence-electron chi connectivity index (χ0n) is 36.9. The van der Waals surface area contributed by atoms with Crippen molar-refractivity contribution in [3.05, 3.63) is 63.4 Å². The number of nitrogens with two attached hydrogens (primary N) is 1. The second-order valence-corrected chi connectivity index (χ2v) is 14.5. The third-order valence-corrected chi connectivity index (χ3v) is 10.0. The number of hydrogen-bond acceptors (Lipinski definition) is 18. The Morgan fingerprint density at radius 2 is 1.26 bits per heavy atom. The maximum absolute atomic E-state index is 13.7. The maximum atomic E-state index is 13.7. The van der Waals surface area contributed by atoms with E-state index in [9.17, 15) is 24.0 Å². The first-order valence-corrected chi connectivity index (χ1v) is 21.8. The second kappa shape index (κ2) is 28.2. The molecule has 0 radical (unpaired) electrons. The lowest BCUT2D eigenvalue weighted by atomic mass is 9.85. The van der Waals surface area contributed by atoms with Crippen LogP contribution in [0.5, 0.6) is 0 Å². The molecule has 0 saturated carbocycles. The summed E-state index contributed by atoms with van der Waals surface area (Å²) in [6, 6.07) is 11.3. The van der Waals surface area contributed by atoms with Crippen LogP contribution in [0.4, 0.5) is 0 Å². The first kappa shape index (κ1) is 51.1. The lowest BCUT2D eigenvalue weighted by molar-refractivity contribution is -0.189. The highest BCUT2D eigenvalue weighted by atomic mass is 16.6. The van der Waals surface area contributed by atoms with E-state index in [1.165, 1.54) is 0 Å². The van der Waals surface area contributed by atoms with Gasteiger partial charge in [-0.15, -0.1) is 0 Å². The van der Waals surface area contributed by atoms with Gasteiger partial charge in [0.1, 0.15) is 26.4 Å². The summed E-state index contributed by atoms with van der Waals surface area (Å²) in [5.74, 6) is -2.54. The van der Waals surface area contributed by atoms with Crippen LogP contribution >= 0.6 is 0 Å². The highest BCUT2D eigenvalue weighted by Gasteiger charge is 2.50. The monoisotopic (exact) mass is 915 g/mol. The van der Waals surface area contributed by atoms with Gasteiger partial charge in [0, 0.05) is 29.6 Å². The van der Waals surface area contributed by atoms with E-state index in [0.29, 0.717) is 117 Å². The van der Waals surface area contributed by atoms with Crippen LogP contribution in [0, 0.1) is 0 Å². The minimum Gasteiger partial charge on any atom is -0.457 e. The quantitative estimate of drug-likeness (QED) is 0.0411. The van der Waals surface area contributed by atoms with Crippen molar-refractivity contribution in [3.8, 4) is 11.4 Å². The summed E-state index contributed by atoms with van der Waals surface area (Å²) in [5, 5.41) is 6.07. The van der Waals surface area contributed by atoms with Crippen molar-refractivity contribution in [2.75, 3.05) is 139 Å². The number of esters is 2. The molecule has 21 nitrogen and oxygen atoms in total. The summed E-state index contributed by atoms with van der Waals surface area (Å²) in [7, 11) is 0. The highest BCUT2D eigenvalue weighted by molar-refractivity contribution is 5.89. The van der Waals surface area contributed by atoms with Gasteiger partial charge in [-0.25, -0.2) is 9.78 Å². The van der Waals surface area contributed by atoms with Gasteiger partial charge in [-0.1, -0.05) is 25.1 Å². The third-order valence-electron chi connectivity index (χ3n) is 10.0. The molecule has 4 N–H and O–H groups in total. The van der Waals surface area contributed by atoms with Crippen molar-refractivity contribution in [1.82, 2.24) is 20.2 Å². The Morgan fingerprint density at radius 3 is 1.85 bits per heavy atom. The fourth-order valence-electron chi connectivity index (χ4n) is 6.80. The molecule has 4 heterocycles. The van der Waals surface area contributed by atoms with Gasteiger partial charge in [0.15, 0.2) is 0 Å². The number of fused-ring (bicyclic) bond motifs is 5. The average molecular weight is 916 g/mol. The number of amides is 2. The predicted octanol–water partition coefficient (Wildman–Crippen LogP) is -0.0290. The van der Waals surface area contributed by atoms with E-state index < -0.39 is 30.0 Å². The average Bonchev–Trinajstić information content (AvgIpc) is 3.67. The molecule has 5 rings (SSSR count). The molecule has 0 unspecified atom stereocenters. The van der Waals surface area contributed by atoms with Crippen molar-refractivity contribution in [3.63, 3.8) is 0 Å². The minimum absolute atomic E-state index is 0.0112. The van der Waals surface area contributed by atoms with Gasteiger partial charge < -0.3 is 73.0 Å². The molecule has 1 aromatic carbocycles. The van der Waals surface area contributed by atoms with E-state index in [2.05, 4.69) is 10.6 Å². The molecule has 0 bridgehead atoms. The van der Waals surface area contributed by atoms with Crippen molar-refractivity contribution in [2.45, 2.75) is 32.1 Å². The topological polar surface area (TPSA) is 255 Å². The van der Waals surface area contributed by atoms with Crippen molar-refractivity contribution in [2.24, 2.45) is 5.73 Å². The number of hydrogen-bond donors (Lipinski definition) is 3. The van der Waals surface area contributed by atoms with Crippen molar-refractivity contribution in [1.29, 1.82) is 0 Å². The van der Waals surface area contributed by atoms with Gasteiger partial charge >= 0.3 is 11.9 Å². The molecule has 2 aromatic heterocycles. The standard InChI is InChI=1S/C44H61N5O16/c1-2-44(35-26-37-41-33(25-32-5-3-4-6-36(32)48-41)28-49(37)42(53)34(35)29-64-43(44)54)65-40(52)27-47-39(51)31-63-24-22-61-19-17-58-14-12-56-10-8-46-38(50)30-62-23-21-60-20-18-59-16-15-57-13-11-55-9-7-45/h3-6,25-26H,2,7-24,27-31,45H2,1H3,(H,46,50)(H,47,51)/t44-/m0/s1. The molecule has 2 aliphatic heterocycles. The van der Waals surface area contributed by atoms with E-state index in [0.717, 1.165) is 16.5 Å². The van der Waals surface area contributed by atoms with Gasteiger partial charge in [-0.05, 0) is 24.6 Å². The molecule has 2 aliphatic rings. The first-order chi connectivity index (χ1) is 31.8. The lowest BCUT2D eigenvalue weighted by Gasteiger charge is -2.35. The summed E-state index contributed by atoms with van der Waals surface area (Å²) >= 11 is 0. The Morgan fingerprint density at radius 1 is 0.723 bits per heavy atom. The number of nitrogens with zero attached hydrogens (tertiary/aromatic N) is 2. The fraction of sp³-hybridized carbons (Fsp3) is 0.591. The number of pyridine rings is 2. The van der Waals surface area contributed by atoms with Crippen molar-refractivity contribution >= 4 is 34.7 Å². The minimum atomic E-state index is -1.89. The lowest BCUT2D eigenvalue weighted by Crippen LogP contribution is -2.48. The van der Waals surface area contributed by atoms with E-state index >= 15 is 0 Å². The molecule has 2 amide bonds. The molecule has 0 saturated heterocycles. The summed E-state index contributed by atoms with van der Waals surface area (Å²) in [5.41, 5.74) is 6.30. The van der Waals surface area contributed by atoms with Gasteiger partial charge in [0.25, 0.3) is 5.56 Å². The number of benzene rings is 1. The summed E-state index contributed by atoms with van der Waals surface area (Å²) in [6.07, 6.45) is -0.0112. The molecule has 0 fully saturated rings. The summed E-state index contributed by atoms with van der Waals surface area (Å²) in [4.78, 5) is 69.2. The molecule has 1 atom stereocenters. The second-order valence-electron chi connectivity index (χ2n) is 14.5. The molecule has 21 heteroatoms. The van der Waals surface area contributed by atoms with Crippen LogP contribution in [0.2, 0.25) is 0 Å². The molecule has 0 spiro atoms. The number of para-hydroxylation sites is 1. The zero-order chi connectivity index (χ0) is 46.1. The zero-order valence-corrected chi connectivity index (χ0v) is 36.9. The van der Waals surface area contributed by atoms with Crippen LogP contribution in [0.3, 0.4) is 0 Å². The normalized spacial score (nSPS) is 15.0. The van der Waals surface area contributed by atoms with Gasteiger partial charge in [0.2, 0.25) is 17.4 Å². The molecule has 65 heavy (non-hydrogen) atoms. The van der Waals surface area contributed by atoms with E-state index in [4.69, 9.17) is 62.8 Å². The van der Waals surface area contributed by atoms with Gasteiger partial charge in [-0.3, -0.25) is 19.2 Å². The number of cyclic esters (lactones) is 1. The number of carbonyl (C=O) groups excluding carboxylic acids is 4. The third kappa shape index (κ3) is 15.9. The number of nitrogens with one attached hydrogen (secondary N) is 2. The number of rotatable bonds is 34. The van der Waals surface area contributed by atoms with Crippen LogP contribution in [0.1, 0.15) is 30.0 Å². The molecule has 0 aliphatic carbocycles. The van der Waals surface area contributed by atoms with Crippen LogP contribution < -0.4 is 21.9 Å². The Balaban J connectivity index is 0.838. The molecular formula is C44H61N5O16. The highest BCUT2D eigenvalue weighted by Crippen LogP contribution is 2.41. The maximum Gasteiger partial charge on any atom is 0.355 e. The number of aromatic nitrogens is 2. The van der Waals surface area contributed by atoms with Crippen LogP contribution in [0.25, 0.3) is 22.3 Å². The van der Waals surface area contributed by atoms with Gasteiger partial charge in [0.05, 0.1) is 135 Å². The van der Waals surface area contributed by atoms with E-state index in [-0.39, 0.29) is 68.7 Å². The van der Waals surface area contributed by atoms with Gasteiger partial charge in [-0.2, -0.15) is 0 Å². The molecule has 3 aromatic rings. The van der Waals surface area contributed by atoms with Crippen LogP contribution in [-0.4, -0.2) is 172 Å². The van der Waals surface area contributed by atoms with Crippen molar-refractivity contribution < 1.29 is 71.3 Å². The molecule has 358 valence electrons. The summed E-state index contributed by atoms with van der Waals surface area (Å²) in [6.45, 7) is 7.37. The van der Waals surface area contributed by atoms with E-state index in [1.807, 2.05) is 30.3 Å². The molecular weight excluding hydrogens is 855 g/mol. The summed E-state index contributed by atoms with van der Waals surface area (Å²) < 4.78 is 61.1. The first-order valence-electron chi connectivity index (χ1n) is 21.8. The Hall–Kier alpha value is -4.94. The smallest absolute Gasteiger partial charge is 0.355 e. The SMILES string of the molecule is CC[C@@]1(OC(=O)CNC(=O)COCCOCCOCCOCCNC(=O)COCCOCCOCCOCCOCCN)C(=O)OCc2c1cc1n(c2=O)Cc2cc3ccccc3nc2-1. The fourth-order valence-corrected chi connectivity index (χ4v) is 6.80. The Labute approximate surface area is 376 Å². The van der Waals surface area contributed by atoms with Crippen LogP contribution in [0.15, 0.2) is 41.2 Å². The largest absolute Gasteiger partial charge is 0.457 e. The predicted molar refractivity (Wildman–Crippen MR) is 231 cm³/mol.